The highest BCUT2D eigenvalue weighted by atomic mass is 16.4. The fourth-order valence-electron chi connectivity index (χ4n) is 1.25. The number of furan rings is 1. The van der Waals surface area contributed by atoms with E-state index in [1.807, 2.05) is 0 Å². The summed E-state index contributed by atoms with van der Waals surface area (Å²) in [6.07, 6.45) is 1.54. The molecule has 0 aromatic carbocycles. The zero-order valence-corrected chi connectivity index (χ0v) is 6.44. The first-order chi connectivity index (χ1) is 5.70. The van der Waals surface area contributed by atoms with Crippen molar-refractivity contribution in [2.24, 2.45) is 7.05 Å². The predicted molar refractivity (Wildman–Crippen MR) is 42.1 cm³/mol. The first kappa shape index (κ1) is 6.97. The SMILES string of the molecule is Cn1c(C(=O)O)cc2ccoc21. The summed E-state index contributed by atoms with van der Waals surface area (Å²) in [6.45, 7) is 0. The van der Waals surface area contributed by atoms with Crippen LogP contribution in [0, 0.1) is 0 Å². The molecule has 4 heteroatoms. The van der Waals surface area contributed by atoms with Crippen LogP contribution in [0.15, 0.2) is 22.8 Å². The van der Waals surface area contributed by atoms with Gasteiger partial charge in [-0.25, -0.2) is 4.79 Å². The lowest BCUT2D eigenvalue weighted by molar-refractivity contribution is 0.0686. The Bertz CT molecular complexity index is 438. The molecule has 0 unspecified atom stereocenters. The molecular weight excluding hydrogens is 158 g/mol. The summed E-state index contributed by atoms with van der Waals surface area (Å²) < 4.78 is 6.59. The number of aromatic carboxylic acids is 1. The highest BCUT2D eigenvalue weighted by Crippen LogP contribution is 2.19. The molecule has 62 valence electrons. The van der Waals surface area contributed by atoms with Crippen molar-refractivity contribution < 1.29 is 14.3 Å². The van der Waals surface area contributed by atoms with E-state index >= 15 is 0 Å². The van der Waals surface area contributed by atoms with E-state index in [-0.39, 0.29) is 5.69 Å². The van der Waals surface area contributed by atoms with Crippen LogP contribution in [0.25, 0.3) is 11.1 Å². The molecule has 12 heavy (non-hydrogen) atoms. The summed E-state index contributed by atoms with van der Waals surface area (Å²) in [5, 5.41) is 9.54. The van der Waals surface area contributed by atoms with E-state index < -0.39 is 5.97 Å². The molecule has 2 aromatic heterocycles. The Morgan fingerprint density at radius 3 is 3.00 bits per heavy atom. The molecule has 0 saturated carbocycles. The third kappa shape index (κ3) is 0.747. The lowest BCUT2D eigenvalue weighted by Crippen LogP contribution is -2.03. The number of hydrogen-bond acceptors (Lipinski definition) is 2. The molecule has 0 aliphatic heterocycles. The summed E-state index contributed by atoms with van der Waals surface area (Å²) in [4.78, 5) is 10.6. The van der Waals surface area contributed by atoms with Gasteiger partial charge in [0.15, 0.2) is 0 Å². The van der Waals surface area contributed by atoms with Crippen LogP contribution < -0.4 is 0 Å². The van der Waals surface area contributed by atoms with E-state index in [1.54, 1.807) is 19.2 Å². The summed E-state index contributed by atoms with van der Waals surface area (Å²) >= 11 is 0. The molecule has 0 bridgehead atoms. The van der Waals surface area contributed by atoms with Gasteiger partial charge >= 0.3 is 5.97 Å². The van der Waals surface area contributed by atoms with Crippen LogP contribution in [0.1, 0.15) is 10.5 Å². The van der Waals surface area contributed by atoms with E-state index in [1.165, 1.54) is 10.8 Å². The summed E-state index contributed by atoms with van der Waals surface area (Å²) in [5.74, 6) is -0.941. The highest BCUT2D eigenvalue weighted by Gasteiger charge is 2.12. The van der Waals surface area contributed by atoms with E-state index in [9.17, 15) is 4.79 Å². The zero-order chi connectivity index (χ0) is 8.72. The number of carboxylic acids is 1. The van der Waals surface area contributed by atoms with E-state index in [4.69, 9.17) is 9.52 Å². The number of nitrogens with zero attached hydrogens (tertiary/aromatic N) is 1. The molecule has 0 spiro atoms. The molecule has 0 atom stereocenters. The van der Waals surface area contributed by atoms with Crippen LogP contribution in [-0.2, 0) is 7.05 Å². The molecule has 2 heterocycles. The smallest absolute Gasteiger partial charge is 0.352 e. The van der Waals surface area contributed by atoms with Gasteiger partial charge in [-0.3, -0.25) is 0 Å². The standard InChI is InChI=1S/C8H7NO3/c1-9-6(8(10)11)4-5-2-3-12-7(5)9/h2-4H,1H3,(H,10,11). The minimum absolute atomic E-state index is 0.240. The minimum atomic E-state index is -0.941. The fraction of sp³-hybridized carbons (Fsp3) is 0.125. The summed E-state index contributed by atoms with van der Waals surface area (Å²) in [7, 11) is 1.66. The van der Waals surface area contributed by atoms with Crippen molar-refractivity contribution in [1.29, 1.82) is 0 Å². The Morgan fingerprint density at radius 2 is 2.42 bits per heavy atom. The Morgan fingerprint density at radius 1 is 1.67 bits per heavy atom. The lowest BCUT2D eigenvalue weighted by atomic mass is 10.4. The van der Waals surface area contributed by atoms with Crippen molar-refractivity contribution >= 4 is 17.1 Å². The third-order valence-corrected chi connectivity index (χ3v) is 1.85. The average Bonchev–Trinajstić information content (AvgIpc) is 2.53. The first-order valence-electron chi connectivity index (χ1n) is 3.46. The van der Waals surface area contributed by atoms with E-state index in [2.05, 4.69) is 0 Å². The van der Waals surface area contributed by atoms with Gasteiger partial charge in [0.2, 0.25) is 5.71 Å². The van der Waals surface area contributed by atoms with Crippen LogP contribution in [-0.4, -0.2) is 15.6 Å². The van der Waals surface area contributed by atoms with Crippen molar-refractivity contribution in [2.45, 2.75) is 0 Å². The maximum Gasteiger partial charge on any atom is 0.352 e. The van der Waals surface area contributed by atoms with Crippen molar-refractivity contribution in [1.82, 2.24) is 4.57 Å². The molecule has 2 rings (SSSR count). The van der Waals surface area contributed by atoms with E-state index in [0.717, 1.165) is 5.39 Å². The second kappa shape index (κ2) is 2.14. The van der Waals surface area contributed by atoms with Crippen molar-refractivity contribution in [3.05, 3.63) is 24.1 Å². The summed E-state index contributed by atoms with van der Waals surface area (Å²) in [5.41, 5.74) is 0.830. The Hall–Kier alpha value is -1.71. The van der Waals surface area contributed by atoms with E-state index in [0.29, 0.717) is 5.71 Å². The quantitative estimate of drug-likeness (QED) is 0.696. The second-order valence-electron chi connectivity index (χ2n) is 2.57. The predicted octanol–water partition coefficient (Wildman–Crippen LogP) is 1.47. The molecular formula is C8H7NO3. The van der Waals surface area contributed by atoms with Crippen LogP contribution in [0.3, 0.4) is 0 Å². The number of aromatic nitrogens is 1. The Kier molecular flexibility index (Phi) is 1.24. The van der Waals surface area contributed by atoms with Crippen LogP contribution in [0.5, 0.6) is 0 Å². The molecule has 1 N–H and O–H groups in total. The normalized spacial score (nSPS) is 10.8. The van der Waals surface area contributed by atoms with Crippen LogP contribution in [0.2, 0.25) is 0 Å². The fourth-order valence-corrected chi connectivity index (χ4v) is 1.25. The van der Waals surface area contributed by atoms with Gasteiger partial charge in [0.25, 0.3) is 0 Å². The monoisotopic (exact) mass is 165 g/mol. The van der Waals surface area contributed by atoms with Gasteiger partial charge in [0.05, 0.1) is 6.26 Å². The van der Waals surface area contributed by atoms with Crippen LogP contribution >= 0.6 is 0 Å². The highest BCUT2D eigenvalue weighted by molar-refractivity contribution is 5.92. The van der Waals surface area contributed by atoms with Crippen molar-refractivity contribution in [2.75, 3.05) is 0 Å². The maximum absolute atomic E-state index is 10.6. The minimum Gasteiger partial charge on any atom is -0.477 e. The molecule has 0 amide bonds. The molecule has 0 aliphatic carbocycles. The molecule has 0 aliphatic rings. The Balaban J connectivity index is 2.78. The number of fused-ring (bicyclic) bond motifs is 1. The Labute approximate surface area is 68.0 Å². The molecule has 2 aromatic rings. The van der Waals surface area contributed by atoms with Gasteiger partial charge in [-0.15, -0.1) is 0 Å². The van der Waals surface area contributed by atoms with Gasteiger partial charge in [-0.05, 0) is 12.1 Å². The van der Waals surface area contributed by atoms with Gasteiger partial charge in [0, 0.05) is 12.4 Å². The lowest BCUT2D eigenvalue weighted by Gasteiger charge is -1.94. The zero-order valence-electron chi connectivity index (χ0n) is 6.44. The molecule has 0 saturated heterocycles. The number of carbonyl (C=O) groups is 1. The van der Waals surface area contributed by atoms with Gasteiger partial charge in [0.1, 0.15) is 5.69 Å². The number of aryl methyl sites for hydroxylation is 1. The summed E-state index contributed by atoms with van der Waals surface area (Å²) in [6, 6.07) is 3.32. The van der Waals surface area contributed by atoms with Crippen molar-refractivity contribution in [3.8, 4) is 0 Å². The first-order valence-corrected chi connectivity index (χ1v) is 3.46. The largest absolute Gasteiger partial charge is 0.477 e. The molecule has 4 nitrogen and oxygen atoms in total. The van der Waals surface area contributed by atoms with Crippen molar-refractivity contribution in [3.63, 3.8) is 0 Å². The maximum atomic E-state index is 10.6. The van der Waals surface area contributed by atoms with Gasteiger partial charge in [-0.1, -0.05) is 0 Å². The van der Waals surface area contributed by atoms with Gasteiger partial charge in [-0.2, -0.15) is 0 Å². The third-order valence-electron chi connectivity index (χ3n) is 1.85. The molecule has 0 fully saturated rings. The van der Waals surface area contributed by atoms with Gasteiger partial charge < -0.3 is 14.1 Å². The number of hydrogen-bond donors (Lipinski definition) is 1. The second-order valence-corrected chi connectivity index (χ2v) is 2.57. The number of carboxylic acid groups (broad SMARTS) is 1. The number of rotatable bonds is 1. The topological polar surface area (TPSA) is 55.4 Å². The van der Waals surface area contributed by atoms with Crippen LogP contribution in [0.4, 0.5) is 0 Å². The molecule has 0 radical (unpaired) electrons. The average molecular weight is 165 g/mol.